The summed E-state index contributed by atoms with van der Waals surface area (Å²) in [5.41, 5.74) is 10.4. The van der Waals surface area contributed by atoms with E-state index in [1.807, 2.05) is 6.20 Å². The Morgan fingerprint density at radius 2 is 1.70 bits per heavy atom. The summed E-state index contributed by atoms with van der Waals surface area (Å²) < 4.78 is 6.51. The number of aliphatic imine (C=N–C) groups is 2. The fourth-order valence-electron chi connectivity index (χ4n) is 9.59. The van der Waals surface area contributed by atoms with Crippen molar-refractivity contribution in [2.45, 2.75) is 125 Å². The van der Waals surface area contributed by atoms with Crippen LogP contribution in [0.2, 0.25) is 0 Å². The third-order valence-corrected chi connectivity index (χ3v) is 14.0. The Hall–Kier alpha value is -4.26. The molecule has 7 nitrogen and oxygen atoms in total. The molecule has 0 saturated carbocycles. The van der Waals surface area contributed by atoms with E-state index in [9.17, 15) is 9.59 Å². The van der Waals surface area contributed by atoms with Gasteiger partial charge in [0.15, 0.2) is 0 Å². The minimum Gasteiger partial charge on any atom is -0.488 e. The Balaban J connectivity index is 0.998. The molecular formula is C47H58N4O3. The molecule has 7 heteroatoms. The molecule has 284 valence electrons. The van der Waals surface area contributed by atoms with E-state index in [4.69, 9.17) is 14.7 Å². The number of hydrogen-bond acceptors (Lipinski definition) is 5. The molecule has 2 saturated heterocycles. The highest BCUT2D eigenvalue weighted by Crippen LogP contribution is 2.45. The number of likely N-dealkylation sites (tertiary alicyclic amines) is 2. The Labute approximate surface area is 322 Å². The van der Waals surface area contributed by atoms with Crippen LogP contribution in [0.25, 0.3) is 27.5 Å². The number of allylic oxidation sites excluding steroid dienone is 1. The van der Waals surface area contributed by atoms with Gasteiger partial charge in [0.05, 0.1) is 17.8 Å². The lowest BCUT2D eigenvalue weighted by atomic mass is 9.89. The second-order valence-electron chi connectivity index (χ2n) is 17.4. The molecule has 3 aromatic rings. The molecule has 0 aromatic heterocycles. The van der Waals surface area contributed by atoms with Crippen LogP contribution in [0.4, 0.5) is 5.69 Å². The Bertz CT molecular complexity index is 2090. The highest BCUT2D eigenvalue weighted by Gasteiger charge is 2.42. The van der Waals surface area contributed by atoms with Crippen molar-refractivity contribution < 1.29 is 14.3 Å². The van der Waals surface area contributed by atoms with E-state index in [-0.39, 0.29) is 41.8 Å². The number of fused-ring (bicyclic) bond motifs is 6. The maximum atomic E-state index is 13.7. The summed E-state index contributed by atoms with van der Waals surface area (Å²) in [6, 6.07) is 16.0. The summed E-state index contributed by atoms with van der Waals surface area (Å²) in [6.07, 6.45) is 8.67. The number of benzene rings is 3. The lowest BCUT2D eigenvalue weighted by Gasteiger charge is -2.32. The third kappa shape index (κ3) is 6.29. The topological polar surface area (TPSA) is 74.6 Å². The number of ether oxygens (including phenoxy) is 1. The number of amides is 2. The normalized spacial score (nSPS) is 24.8. The lowest BCUT2D eigenvalue weighted by molar-refractivity contribution is -0.138. The molecule has 8 rings (SSSR count). The van der Waals surface area contributed by atoms with E-state index in [0.717, 1.165) is 79.9 Å². The first-order valence-corrected chi connectivity index (χ1v) is 20.8. The van der Waals surface area contributed by atoms with Crippen molar-refractivity contribution in [3.8, 4) is 16.9 Å². The summed E-state index contributed by atoms with van der Waals surface area (Å²) in [4.78, 5) is 41.7. The molecule has 7 atom stereocenters. The molecule has 0 unspecified atom stereocenters. The Kier molecular flexibility index (Phi) is 9.81. The van der Waals surface area contributed by atoms with E-state index < -0.39 is 0 Å². The van der Waals surface area contributed by atoms with Crippen LogP contribution in [-0.2, 0) is 22.6 Å². The number of rotatable bonds is 9. The van der Waals surface area contributed by atoms with E-state index in [1.165, 1.54) is 38.6 Å². The first-order chi connectivity index (χ1) is 26.0. The van der Waals surface area contributed by atoms with E-state index >= 15 is 0 Å². The zero-order valence-corrected chi connectivity index (χ0v) is 33.6. The van der Waals surface area contributed by atoms with Crippen LogP contribution in [0.1, 0.15) is 111 Å². The van der Waals surface area contributed by atoms with Crippen molar-refractivity contribution in [3.05, 3.63) is 65.4 Å². The average Bonchev–Trinajstić information content (AvgIpc) is 4.00. The van der Waals surface area contributed by atoms with Crippen LogP contribution in [0.3, 0.4) is 0 Å². The first-order valence-electron chi connectivity index (χ1n) is 20.8. The van der Waals surface area contributed by atoms with Gasteiger partial charge in [0, 0.05) is 60.5 Å². The number of nitrogens with zero attached hydrogens (tertiary/aromatic N) is 4. The first kappa shape index (κ1) is 36.7. The van der Waals surface area contributed by atoms with Gasteiger partial charge in [-0.15, -0.1) is 0 Å². The molecular weight excluding hydrogens is 669 g/mol. The van der Waals surface area contributed by atoms with Crippen LogP contribution < -0.4 is 4.74 Å². The van der Waals surface area contributed by atoms with E-state index in [0.29, 0.717) is 24.4 Å². The highest BCUT2D eigenvalue weighted by molar-refractivity contribution is 6.07. The molecule has 3 aromatic carbocycles. The fourth-order valence-corrected chi connectivity index (χ4v) is 9.59. The molecule has 0 bridgehead atoms. The SMILES string of the molecule is CC[C@H]1C[C@@H](C2=NC=C(c3ccc4c(c3)COc3cc5c6c(ccc5cc3-4)N=C([C@@H]3CC[C@H](C)N3C(=O)[C@@H](C)C(C)C)C6)C2)N(C(=O)[C@@H](C)[C@H](C)CC)C1. The van der Waals surface area contributed by atoms with E-state index in [1.54, 1.807) is 0 Å². The minimum atomic E-state index is -0.00158. The Morgan fingerprint density at radius 1 is 0.889 bits per heavy atom. The second-order valence-corrected chi connectivity index (χ2v) is 17.4. The summed E-state index contributed by atoms with van der Waals surface area (Å²) in [7, 11) is 0. The van der Waals surface area contributed by atoms with Crippen LogP contribution in [0.15, 0.2) is 58.6 Å². The van der Waals surface area contributed by atoms with Gasteiger partial charge in [-0.25, -0.2) is 0 Å². The fraction of sp³-hybridized carbons (Fsp3) is 0.532. The predicted molar refractivity (Wildman–Crippen MR) is 220 cm³/mol. The summed E-state index contributed by atoms with van der Waals surface area (Å²) in [5, 5.41) is 2.37. The third-order valence-electron chi connectivity index (χ3n) is 14.0. The van der Waals surface area contributed by atoms with Crippen molar-refractivity contribution in [1.82, 2.24) is 9.80 Å². The summed E-state index contributed by atoms with van der Waals surface area (Å²) in [5.74, 6) is 2.69. The summed E-state index contributed by atoms with van der Waals surface area (Å²) >= 11 is 0. The molecule has 0 aliphatic carbocycles. The quantitative estimate of drug-likeness (QED) is 0.220. The van der Waals surface area contributed by atoms with Crippen molar-refractivity contribution in [2.75, 3.05) is 6.54 Å². The van der Waals surface area contributed by atoms with Gasteiger partial charge in [0.1, 0.15) is 12.4 Å². The molecule has 0 radical (unpaired) electrons. The van der Waals surface area contributed by atoms with Gasteiger partial charge in [-0.3, -0.25) is 19.6 Å². The van der Waals surface area contributed by atoms with Gasteiger partial charge in [-0.1, -0.05) is 79.5 Å². The van der Waals surface area contributed by atoms with Crippen LogP contribution in [-0.4, -0.2) is 57.7 Å². The maximum Gasteiger partial charge on any atom is 0.226 e. The molecule has 5 heterocycles. The smallest absolute Gasteiger partial charge is 0.226 e. The monoisotopic (exact) mass is 726 g/mol. The second kappa shape index (κ2) is 14.4. The van der Waals surface area contributed by atoms with Gasteiger partial charge in [0.25, 0.3) is 0 Å². The lowest BCUT2D eigenvalue weighted by Crippen LogP contribution is -2.47. The summed E-state index contributed by atoms with van der Waals surface area (Å²) in [6.45, 7) is 18.6. The van der Waals surface area contributed by atoms with Crippen LogP contribution in [0, 0.1) is 29.6 Å². The van der Waals surface area contributed by atoms with Gasteiger partial charge in [-0.05, 0) is 107 Å². The molecule has 54 heavy (non-hydrogen) atoms. The predicted octanol–water partition coefficient (Wildman–Crippen LogP) is 10.2. The number of carbonyl (C=O) groups is 2. The minimum absolute atomic E-state index is 0.00158. The number of hydrogen-bond donors (Lipinski definition) is 0. The van der Waals surface area contributed by atoms with Gasteiger partial charge >= 0.3 is 0 Å². The largest absolute Gasteiger partial charge is 0.488 e. The zero-order valence-electron chi connectivity index (χ0n) is 33.6. The van der Waals surface area contributed by atoms with Crippen molar-refractivity contribution >= 4 is 45.3 Å². The zero-order chi connectivity index (χ0) is 38.0. The maximum absolute atomic E-state index is 13.7. The van der Waals surface area contributed by atoms with Crippen LogP contribution >= 0.6 is 0 Å². The molecule has 2 amide bonds. The van der Waals surface area contributed by atoms with Crippen molar-refractivity contribution in [2.24, 2.45) is 39.6 Å². The standard InChI is InChI=1S/C47H58N4O3/c1-9-27(5)30(8)46(52)50-24-31(10-2)17-44(50)41-20-34(23-48-41)32-12-14-36-35(18-32)25-54-45-22-37-33(19-39(36)45)13-15-40-38(37)21-42(49-40)43-16-11-28(6)51(43)47(53)29(7)26(3)4/h12-15,18-19,22-23,26-31,43-44H,9-11,16-17,20-21,24-25H2,1-8H3/t27-,28+,29+,30+,31+,43+,44+/m1/s1. The van der Waals surface area contributed by atoms with Crippen molar-refractivity contribution in [1.29, 1.82) is 0 Å². The molecule has 2 fully saturated rings. The molecule has 5 aliphatic heterocycles. The van der Waals surface area contributed by atoms with E-state index in [2.05, 4.69) is 108 Å². The van der Waals surface area contributed by atoms with Gasteiger partial charge in [-0.2, -0.15) is 0 Å². The molecule has 0 spiro atoms. The molecule has 0 N–H and O–H groups in total. The van der Waals surface area contributed by atoms with Gasteiger partial charge in [0.2, 0.25) is 11.8 Å². The van der Waals surface area contributed by atoms with Crippen LogP contribution in [0.5, 0.6) is 5.75 Å². The molecule has 5 aliphatic rings. The highest BCUT2D eigenvalue weighted by atomic mass is 16.5. The van der Waals surface area contributed by atoms with Crippen molar-refractivity contribution in [3.63, 3.8) is 0 Å². The average molecular weight is 727 g/mol. The number of carbonyl (C=O) groups excluding carboxylic acids is 2. The van der Waals surface area contributed by atoms with Gasteiger partial charge < -0.3 is 14.5 Å². The Morgan fingerprint density at radius 3 is 2.46 bits per heavy atom.